The van der Waals surface area contributed by atoms with Crippen molar-refractivity contribution in [3.63, 3.8) is 0 Å². The van der Waals surface area contributed by atoms with E-state index in [1.165, 1.54) is 12.8 Å². The lowest BCUT2D eigenvalue weighted by Crippen LogP contribution is -2.45. The molecule has 0 aromatic heterocycles. The zero-order chi connectivity index (χ0) is 11.6. The molecule has 0 aliphatic heterocycles. The standard InChI is InChI=1S/C12H23N3/c1-9(7-12(3,14)8-13)15(4)10(2)11-5-6-11/h9-11H,5-7,14H2,1-4H3. The van der Waals surface area contributed by atoms with E-state index >= 15 is 0 Å². The Hall–Kier alpha value is -0.590. The normalized spacial score (nSPS) is 24.3. The van der Waals surface area contributed by atoms with E-state index in [0.717, 1.165) is 12.3 Å². The smallest absolute Gasteiger partial charge is 0.102 e. The van der Waals surface area contributed by atoms with Gasteiger partial charge in [-0.05, 0) is 53.0 Å². The lowest BCUT2D eigenvalue weighted by atomic mass is 9.95. The average Bonchev–Trinajstić information content (AvgIpc) is 2.98. The Morgan fingerprint density at radius 3 is 2.47 bits per heavy atom. The Morgan fingerprint density at radius 1 is 1.53 bits per heavy atom. The molecule has 1 rings (SSSR count). The van der Waals surface area contributed by atoms with Crippen molar-refractivity contribution in [3.8, 4) is 6.07 Å². The molecule has 1 aliphatic carbocycles. The molecule has 0 aromatic rings. The van der Waals surface area contributed by atoms with Gasteiger partial charge in [-0.25, -0.2) is 0 Å². The molecule has 0 amide bonds. The molecule has 15 heavy (non-hydrogen) atoms. The second-order valence-electron chi connectivity index (χ2n) is 5.33. The molecule has 0 spiro atoms. The number of rotatable bonds is 5. The monoisotopic (exact) mass is 209 g/mol. The van der Waals surface area contributed by atoms with Gasteiger partial charge in [0.1, 0.15) is 5.54 Å². The molecule has 0 bridgehead atoms. The summed E-state index contributed by atoms with van der Waals surface area (Å²) in [5.41, 5.74) is 5.16. The zero-order valence-corrected chi connectivity index (χ0v) is 10.3. The Morgan fingerprint density at radius 2 is 2.07 bits per heavy atom. The van der Waals surface area contributed by atoms with Crippen LogP contribution in [0, 0.1) is 17.2 Å². The summed E-state index contributed by atoms with van der Waals surface area (Å²) in [6.07, 6.45) is 3.45. The minimum absolute atomic E-state index is 0.371. The fraction of sp³-hybridized carbons (Fsp3) is 0.917. The third-order valence-corrected chi connectivity index (χ3v) is 3.62. The quantitative estimate of drug-likeness (QED) is 0.750. The molecule has 1 saturated carbocycles. The van der Waals surface area contributed by atoms with Crippen LogP contribution in [0.15, 0.2) is 0 Å². The van der Waals surface area contributed by atoms with Gasteiger partial charge in [-0.2, -0.15) is 5.26 Å². The third-order valence-electron chi connectivity index (χ3n) is 3.62. The SMILES string of the molecule is CC(CC(C)(N)C#N)N(C)C(C)C1CC1. The van der Waals surface area contributed by atoms with E-state index in [0.29, 0.717) is 12.1 Å². The number of hydrogen-bond donors (Lipinski definition) is 1. The molecule has 0 radical (unpaired) electrons. The first-order chi connectivity index (χ1) is 6.87. The topological polar surface area (TPSA) is 53.1 Å². The van der Waals surface area contributed by atoms with E-state index in [9.17, 15) is 0 Å². The summed E-state index contributed by atoms with van der Waals surface area (Å²) in [5.74, 6) is 0.864. The first-order valence-electron chi connectivity index (χ1n) is 5.79. The molecule has 86 valence electrons. The number of nitrogens with zero attached hydrogens (tertiary/aromatic N) is 2. The maximum absolute atomic E-state index is 8.89. The van der Waals surface area contributed by atoms with E-state index in [4.69, 9.17) is 11.0 Å². The fourth-order valence-electron chi connectivity index (χ4n) is 2.12. The van der Waals surface area contributed by atoms with Crippen LogP contribution < -0.4 is 5.73 Å². The highest BCUT2D eigenvalue weighted by Gasteiger charge is 2.33. The molecule has 1 aliphatic rings. The molecule has 3 unspecified atom stereocenters. The lowest BCUT2D eigenvalue weighted by Gasteiger charge is -2.33. The molecule has 1 fully saturated rings. The molecule has 0 aromatic carbocycles. The van der Waals surface area contributed by atoms with E-state index in [2.05, 4.69) is 31.9 Å². The van der Waals surface area contributed by atoms with Crippen LogP contribution in [0.4, 0.5) is 0 Å². The largest absolute Gasteiger partial charge is 0.314 e. The molecular weight excluding hydrogens is 186 g/mol. The van der Waals surface area contributed by atoms with Crippen LogP contribution in [0.2, 0.25) is 0 Å². The highest BCUT2D eigenvalue weighted by atomic mass is 15.2. The van der Waals surface area contributed by atoms with Gasteiger partial charge in [0.25, 0.3) is 0 Å². The molecule has 0 saturated heterocycles. The van der Waals surface area contributed by atoms with Gasteiger partial charge in [0.05, 0.1) is 6.07 Å². The van der Waals surface area contributed by atoms with Crippen LogP contribution >= 0.6 is 0 Å². The highest BCUT2D eigenvalue weighted by Crippen LogP contribution is 2.35. The first kappa shape index (κ1) is 12.5. The van der Waals surface area contributed by atoms with Gasteiger partial charge in [0.2, 0.25) is 0 Å². The van der Waals surface area contributed by atoms with Gasteiger partial charge in [0, 0.05) is 12.1 Å². The van der Waals surface area contributed by atoms with E-state index < -0.39 is 5.54 Å². The van der Waals surface area contributed by atoms with Crippen LogP contribution in [0.1, 0.15) is 40.0 Å². The molecule has 3 heteroatoms. The Kier molecular flexibility index (Phi) is 3.75. The minimum Gasteiger partial charge on any atom is -0.314 e. The molecule has 3 atom stereocenters. The van der Waals surface area contributed by atoms with Gasteiger partial charge in [0.15, 0.2) is 0 Å². The molecule has 0 heterocycles. The number of nitriles is 1. The van der Waals surface area contributed by atoms with Crippen LogP contribution in [0.5, 0.6) is 0 Å². The number of hydrogen-bond acceptors (Lipinski definition) is 3. The zero-order valence-electron chi connectivity index (χ0n) is 10.3. The fourth-order valence-corrected chi connectivity index (χ4v) is 2.12. The third kappa shape index (κ3) is 3.48. The summed E-state index contributed by atoms with van der Waals surface area (Å²) in [5, 5.41) is 8.89. The molecule has 3 nitrogen and oxygen atoms in total. The first-order valence-corrected chi connectivity index (χ1v) is 5.79. The summed E-state index contributed by atoms with van der Waals surface area (Å²) in [4.78, 5) is 2.36. The Balaban J connectivity index is 2.45. The van der Waals surface area contributed by atoms with Gasteiger partial charge in [-0.15, -0.1) is 0 Å². The summed E-state index contributed by atoms with van der Waals surface area (Å²) >= 11 is 0. The maximum atomic E-state index is 8.89. The summed E-state index contributed by atoms with van der Waals surface area (Å²) in [6, 6.07) is 3.15. The van der Waals surface area contributed by atoms with Crippen LogP contribution in [0.25, 0.3) is 0 Å². The Bertz CT molecular complexity index is 250. The van der Waals surface area contributed by atoms with Gasteiger partial charge < -0.3 is 10.6 Å². The van der Waals surface area contributed by atoms with Crippen molar-refractivity contribution >= 4 is 0 Å². The average molecular weight is 209 g/mol. The highest BCUT2D eigenvalue weighted by molar-refractivity contribution is 5.03. The predicted molar refractivity (Wildman–Crippen MR) is 62.2 cm³/mol. The van der Waals surface area contributed by atoms with Gasteiger partial charge >= 0.3 is 0 Å². The van der Waals surface area contributed by atoms with Crippen molar-refractivity contribution < 1.29 is 0 Å². The van der Waals surface area contributed by atoms with Crippen molar-refractivity contribution in [3.05, 3.63) is 0 Å². The Labute approximate surface area is 93.2 Å². The maximum Gasteiger partial charge on any atom is 0.102 e. The van der Waals surface area contributed by atoms with Crippen molar-refractivity contribution in [2.24, 2.45) is 11.7 Å². The number of nitrogens with two attached hydrogens (primary N) is 1. The molecular formula is C12H23N3. The van der Waals surface area contributed by atoms with E-state index in [1.54, 1.807) is 6.92 Å². The van der Waals surface area contributed by atoms with Crippen molar-refractivity contribution in [2.45, 2.75) is 57.7 Å². The van der Waals surface area contributed by atoms with Crippen molar-refractivity contribution in [1.29, 1.82) is 5.26 Å². The minimum atomic E-state index is -0.697. The second kappa shape index (κ2) is 4.51. The summed E-state index contributed by atoms with van der Waals surface area (Å²) in [7, 11) is 2.14. The molecule has 2 N–H and O–H groups in total. The van der Waals surface area contributed by atoms with Crippen LogP contribution in [-0.4, -0.2) is 29.6 Å². The van der Waals surface area contributed by atoms with Gasteiger partial charge in [-0.3, -0.25) is 0 Å². The van der Waals surface area contributed by atoms with Crippen molar-refractivity contribution in [1.82, 2.24) is 4.90 Å². The van der Waals surface area contributed by atoms with Crippen molar-refractivity contribution in [2.75, 3.05) is 7.05 Å². The van der Waals surface area contributed by atoms with E-state index in [1.807, 2.05) is 0 Å². The summed E-state index contributed by atoms with van der Waals surface area (Å²) < 4.78 is 0. The predicted octanol–water partition coefficient (Wildman–Crippen LogP) is 1.74. The summed E-state index contributed by atoms with van der Waals surface area (Å²) in [6.45, 7) is 6.23. The van der Waals surface area contributed by atoms with Gasteiger partial charge in [-0.1, -0.05) is 0 Å². The van der Waals surface area contributed by atoms with Crippen LogP contribution in [0.3, 0.4) is 0 Å². The lowest BCUT2D eigenvalue weighted by molar-refractivity contribution is 0.158. The van der Waals surface area contributed by atoms with Crippen LogP contribution in [-0.2, 0) is 0 Å². The second-order valence-corrected chi connectivity index (χ2v) is 5.33. The van der Waals surface area contributed by atoms with E-state index in [-0.39, 0.29) is 0 Å².